The first-order valence-corrected chi connectivity index (χ1v) is 9.62. The summed E-state index contributed by atoms with van der Waals surface area (Å²) in [5.41, 5.74) is 0. The van der Waals surface area contributed by atoms with Gasteiger partial charge in [-0.1, -0.05) is 13.8 Å². The Balaban J connectivity index is 1.67. The number of hydrogen-bond donors (Lipinski definition) is 0. The number of rotatable bonds is 6. The molecule has 0 saturated carbocycles. The molecule has 0 bridgehead atoms. The van der Waals surface area contributed by atoms with Crippen molar-refractivity contribution in [2.24, 2.45) is 11.8 Å². The molecule has 3 nitrogen and oxygen atoms in total. The molecule has 0 N–H and O–H groups in total. The fourth-order valence-electron chi connectivity index (χ4n) is 4.27. The van der Waals surface area contributed by atoms with Crippen LogP contribution in [0.1, 0.15) is 53.4 Å². The van der Waals surface area contributed by atoms with E-state index in [1.165, 1.54) is 65.0 Å². The summed E-state index contributed by atoms with van der Waals surface area (Å²) in [6.45, 7) is 17.2. The summed E-state index contributed by atoms with van der Waals surface area (Å²) in [4.78, 5) is 7.98. The van der Waals surface area contributed by atoms with Gasteiger partial charge in [-0.15, -0.1) is 0 Å². The third kappa shape index (κ3) is 5.50. The van der Waals surface area contributed by atoms with Crippen molar-refractivity contribution in [2.45, 2.75) is 65.5 Å². The van der Waals surface area contributed by atoms with Crippen LogP contribution in [-0.4, -0.2) is 73.1 Å². The van der Waals surface area contributed by atoms with Crippen molar-refractivity contribution >= 4 is 0 Å². The molecule has 130 valence electrons. The van der Waals surface area contributed by atoms with Crippen molar-refractivity contribution in [1.29, 1.82) is 0 Å². The topological polar surface area (TPSA) is 9.72 Å². The zero-order valence-corrected chi connectivity index (χ0v) is 15.7. The quantitative estimate of drug-likeness (QED) is 0.746. The molecule has 0 aromatic rings. The lowest BCUT2D eigenvalue weighted by Crippen LogP contribution is -2.47. The predicted octanol–water partition coefficient (Wildman–Crippen LogP) is 3.16. The molecule has 0 aromatic carbocycles. The first kappa shape index (κ1) is 18.2. The summed E-state index contributed by atoms with van der Waals surface area (Å²) >= 11 is 0. The molecule has 0 spiro atoms. The lowest BCUT2D eigenvalue weighted by Gasteiger charge is -2.41. The Morgan fingerprint density at radius 3 is 2.00 bits per heavy atom. The number of nitrogens with zero attached hydrogens (tertiary/aromatic N) is 3. The second-order valence-electron chi connectivity index (χ2n) is 8.44. The van der Waals surface area contributed by atoms with Crippen molar-refractivity contribution in [2.75, 3.05) is 46.3 Å². The number of piperidine rings is 2. The van der Waals surface area contributed by atoms with Crippen LogP contribution in [-0.2, 0) is 0 Å². The van der Waals surface area contributed by atoms with Gasteiger partial charge in [-0.2, -0.15) is 0 Å². The maximum Gasteiger partial charge on any atom is 0.0117 e. The van der Waals surface area contributed by atoms with Crippen LogP contribution >= 0.6 is 0 Å². The van der Waals surface area contributed by atoms with E-state index in [0.717, 1.165) is 23.9 Å². The molecule has 0 amide bonds. The summed E-state index contributed by atoms with van der Waals surface area (Å²) in [6, 6.07) is 1.54. The van der Waals surface area contributed by atoms with Crippen LogP contribution in [0.4, 0.5) is 0 Å². The van der Waals surface area contributed by atoms with Crippen molar-refractivity contribution < 1.29 is 0 Å². The van der Waals surface area contributed by atoms with E-state index in [0.29, 0.717) is 0 Å². The molecule has 0 aromatic heterocycles. The lowest BCUT2D eigenvalue weighted by molar-refractivity contribution is 0.0823. The molecule has 2 rings (SSSR count). The van der Waals surface area contributed by atoms with Gasteiger partial charge >= 0.3 is 0 Å². The molecule has 3 heteroatoms. The Hall–Kier alpha value is -0.120. The molecule has 0 unspecified atom stereocenters. The van der Waals surface area contributed by atoms with Gasteiger partial charge in [0.25, 0.3) is 0 Å². The van der Waals surface area contributed by atoms with Crippen LogP contribution in [0.15, 0.2) is 0 Å². The monoisotopic (exact) mass is 309 g/mol. The summed E-state index contributed by atoms with van der Waals surface area (Å²) < 4.78 is 0. The molecule has 0 atom stereocenters. The zero-order chi connectivity index (χ0) is 16.1. The van der Waals surface area contributed by atoms with E-state index in [1.807, 2.05) is 0 Å². The van der Waals surface area contributed by atoms with Gasteiger partial charge in [0.2, 0.25) is 0 Å². The first-order valence-electron chi connectivity index (χ1n) is 9.62. The largest absolute Gasteiger partial charge is 0.303 e. The smallest absolute Gasteiger partial charge is 0.0117 e. The van der Waals surface area contributed by atoms with Gasteiger partial charge in [0, 0.05) is 25.2 Å². The van der Waals surface area contributed by atoms with E-state index in [4.69, 9.17) is 0 Å². The fourth-order valence-corrected chi connectivity index (χ4v) is 4.27. The highest BCUT2D eigenvalue weighted by atomic mass is 15.2. The Kier molecular flexibility index (Phi) is 7.17. The third-order valence-corrected chi connectivity index (χ3v) is 5.73. The molecule has 0 aliphatic carbocycles. The fraction of sp³-hybridized carbons (Fsp3) is 1.00. The van der Waals surface area contributed by atoms with Gasteiger partial charge in [-0.25, -0.2) is 0 Å². The minimum Gasteiger partial charge on any atom is -0.303 e. The van der Waals surface area contributed by atoms with Crippen LogP contribution in [0.2, 0.25) is 0 Å². The SMILES string of the molecule is CC(C)CN1CCC(CN(C)C2CCN(C(C)C)CC2)CC1. The number of likely N-dealkylation sites (tertiary alicyclic amines) is 2. The summed E-state index contributed by atoms with van der Waals surface area (Å²) in [5.74, 6) is 1.74. The third-order valence-electron chi connectivity index (χ3n) is 5.73. The minimum absolute atomic E-state index is 0.719. The molecule has 2 saturated heterocycles. The van der Waals surface area contributed by atoms with Gasteiger partial charge in [-0.05, 0) is 84.6 Å². The van der Waals surface area contributed by atoms with E-state index in [1.54, 1.807) is 0 Å². The molecule has 0 radical (unpaired) electrons. The maximum absolute atomic E-state index is 2.68. The van der Waals surface area contributed by atoms with Crippen LogP contribution in [0.25, 0.3) is 0 Å². The molecule has 22 heavy (non-hydrogen) atoms. The van der Waals surface area contributed by atoms with Gasteiger partial charge in [0.1, 0.15) is 0 Å². The van der Waals surface area contributed by atoms with Crippen LogP contribution in [0.5, 0.6) is 0 Å². The molecule has 2 heterocycles. The molecule has 2 fully saturated rings. The van der Waals surface area contributed by atoms with Gasteiger partial charge < -0.3 is 14.7 Å². The lowest BCUT2D eigenvalue weighted by atomic mass is 9.94. The Bertz CT molecular complexity index is 300. The van der Waals surface area contributed by atoms with E-state index in [9.17, 15) is 0 Å². The highest BCUT2D eigenvalue weighted by molar-refractivity contribution is 4.82. The molecular formula is C19H39N3. The predicted molar refractivity (Wildman–Crippen MR) is 96.4 cm³/mol. The standard InChI is InChI=1S/C19H39N3/c1-16(2)14-21-10-6-18(7-11-21)15-20(5)19-8-12-22(13-9-19)17(3)4/h16-19H,6-15H2,1-5H3. The van der Waals surface area contributed by atoms with Crippen molar-refractivity contribution in [1.82, 2.24) is 14.7 Å². The first-order chi connectivity index (χ1) is 10.5. The summed E-state index contributed by atoms with van der Waals surface area (Å²) in [7, 11) is 2.37. The van der Waals surface area contributed by atoms with Crippen LogP contribution in [0, 0.1) is 11.8 Å². The maximum atomic E-state index is 2.68. The Labute approximate surface area is 139 Å². The van der Waals surface area contributed by atoms with Gasteiger partial charge in [0.05, 0.1) is 0 Å². The zero-order valence-electron chi connectivity index (χ0n) is 15.7. The van der Waals surface area contributed by atoms with E-state index >= 15 is 0 Å². The second kappa shape index (κ2) is 8.65. The van der Waals surface area contributed by atoms with Crippen LogP contribution < -0.4 is 0 Å². The highest BCUT2D eigenvalue weighted by Crippen LogP contribution is 2.23. The van der Waals surface area contributed by atoms with E-state index in [-0.39, 0.29) is 0 Å². The number of hydrogen-bond acceptors (Lipinski definition) is 3. The molecular weight excluding hydrogens is 270 g/mol. The van der Waals surface area contributed by atoms with Crippen LogP contribution in [0.3, 0.4) is 0 Å². The summed E-state index contributed by atoms with van der Waals surface area (Å²) in [6.07, 6.45) is 5.53. The molecule has 2 aliphatic heterocycles. The van der Waals surface area contributed by atoms with E-state index < -0.39 is 0 Å². The normalized spacial score (nSPS) is 24.0. The van der Waals surface area contributed by atoms with Gasteiger partial charge in [0.15, 0.2) is 0 Å². The average molecular weight is 310 g/mol. The Morgan fingerprint density at radius 1 is 0.909 bits per heavy atom. The minimum atomic E-state index is 0.719. The molecule has 2 aliphatic rings. The van der Waals surface area contributed by atoms with Crippen molar-refractivity contribution in [3.63, 3.8) is 0 Å². The van der Waals surface area contributed by atoms with Crippen molar-refractivity contribution in [3.8, 4) is 0 Å². The Morgan fingerprint density at radius 2 is 1.50 bits per heavy atom. The van der Waals surface area contributed by atoms with Crippen molar-refractivity contribution in [3.05, 3.63) is 0 Å². The van der Waals surface area contributed by atoms with E-state index in [2.05, 4.69) is 49.4 Å². The average Bonchev–Trinajstić information content (AvgIpc) is 2.49. The highest BCUT2D eigenvalue weighted by Gasteiger charge is 2.26. The van der Waals surface area contributed by atoms with Gasteiger partial charge in [-0.3, -0.25) is 0 Å². The second-order valence-corrected chi connectivity index (χ2v) is 8.44. The summed E-state index contributed by atoms with van der Waals surface area (Å²) in [5, 5.41) is 0.